The van der Waals surface area contributed by atoms with Crippen LogP contribution in [0.15, 0.2) is 98.1 Å². The van der Waals surface area contributed by atoms with E-state index in [-0.39, 0.29) is 28.8 Å². The number of benzene rings is 3. The van der Waals surface area contributed by atoms with Gasteiger partial charge in [0, 0.05) is 22.6 Å². The van der Waals surface area contributed by atoms with E-state index in [2.05, 4.69) is 14.9 Å². The standard InChI is InChI=1S/C28H24N4O5S/c1-18-19(2)30-37-26(18)31-38(35,36)22-14-12-21(13-15-22)29-16-25-23-10-6-7-11-24(23)27(33)32(28(25)34)17-20-8-4-3-5-9-20/h3-16,31,34H,17H2,1-2H3. The lowest BCUT2D eigenvalue weighted by atomic mass is 10.1. The number of aryl methyl sites for hydroxylation is 1. The number of nitrogens with one attached hydrogen (secondary N) is 1. The Bertz CT molecular complexity index is 1820. The van der Waals surface area contributed by atoms with Gasteiger partial charge in [0.15, 0.2) is 0 Å². The lowest BCUT2D eigenvalue weighted by molar-refractivity contribution is 0.416. The summed E-state index contributed by atoms with van der Waals surface area (Å²) in [5.41, 5.74) is 2.60. The Morgan fingerprint density at radius 3 is 2.29 bits per heavy atom. The second kappa shape index (κ2) is 9.98. The Morgan fingerprint density at radius 1 is 0.974 bits per heavy atom. The first-order valence-electron chi connectivity index (χ1n) is 11.7. The predicted molar refractivity (Wildman–Crippen MR) is 146 cm³/mol. The molecule has 0 saturated heterocycles. The molecule has 0 aliphatic heterocycles. The van der Waals surface area contributed by atoms with Gasteiger partial charge in [-0.15, -0.1) is 0 Å². The Balaban J connectivity index is 1.47. The van der Waals surface area contributed by atoms with E-state index in [1.807, 2.05) is 30.3 Å². The van der Waals surface area contributed by atoms with Gasteiger partial charge in [-0.05, 0) is 49.7 Å². The number of hydrogen-bond donors (Lipinski definition) is 2. The number of sulfonamides is 1. The van der Waals surface area contributed by atoms with Gasteiger partial charge in [0.05, 0.1) is 28.4 Å². The van der Waals surface area contributed by atoms with Crippen LogP contribution in [-0.4, -0.2) is 29.5 Å². The molecule has 9 nitrogen and oxygen atoms in total. The lowest BCUT2D eigenvalue weighted by Crippen LogP contribution is -2.22. The number of rotatable bonds is 7. The van der Waals surface area contributed by atoms with E-state index in [1.54, 1.807) is 50.2 Å². The molecule has 0 saturated carbocycles. The molecule has 0 atom stereocenters. The van der Waals surface area contributed by atoms with Crippen LogP contribution in [0.25, 0.3) is 10.8 Å². The van der Waals surface area contributed by atoms with Crippen molar-refractivity contribution in [2.75, 3.05) is 4.72 Å². The molecule has 0 unspecified atom stereocenters. The van der Waals surface area contributed by atoms with Crippen LogP contribution in [0.4, 0.5) is 11.6 Å². The van der Waals surface area contributed by atoms with E-state index in [0.29, 0.717) is 33.3 Å². The molecule has 5 aromatic rings. The lowest BCUT2D eigenvalue weighted by Gasteiger charge is -2.13. The number of nitrogens with zero attached hydrogens (tertiary/aromatic N) is 3. The molecule has 38 heavy (non-hydrogen) atoms. The van der Waals surface area contributed by atoms with Crippen LogP contribution < -0.4 is 10.3 Å². The molecule has 10 heteroatoms. The highest BCUT2D eigenvalue weighted by molar-refractivity contribution is 7.92. The molecule has 2 heterocycles. The first-order valence-corrected chi connectivity index (χ1v) is 13.2. The zero-order chi connectivity index (χ0) is 26.9. The van der Waals surface area contributed by atoms with Crippen LogP contribution in [-0.2, 0) is 16.6 Å². The van der Waals surface area contributed by atoms with Gasteiger partial charge in [0.2, 0.25) is 11.8 Å². The summed E-state index contributed by atoms with van der Waals surface area (Å²) in [5.74, 6) is -0.139. The van der Waals surface area contributed by atoms with E-state index < -0.39 is 10.0 Å². The highest BCUT2D eigenvalue weighted by Gasteiger charge is 2.19. The fourth-order valence-electron chi connectivity index (χ4n) is 3.99. The molecular formula is C28H24N4O5S. The minimum absolute atomic E-state index is 0.0228. The fourth-order valence-corrected chi connectivity index (χ4v) is 5.04. The Hall–Kier alpha value is -4.70. The molecule has 0 bridgehead atoms. The van der Waals surface area contributed by atoms with E-state index in [4.69, 9.17) is 4.52 Å². The maximum Gasteiger partial charge on any atom is 0.264 e. The van der Waals surface area contributed by atoms with Crippen molar-refractivity contribution in [2.45, 2.75) is 25.3 Å². The van der Waals surface area contributed by atoms with Crippen molar-refractivity contribution >= 4 is 38.6 Å². The second-order valence-electron chi connectivity index (χ2n) is 8.74. The van der Waals surface area contributed by atoms with Gasteiger partial charge < -0.3 is 9.63 Å². The third-order valence-corrected chi connectivity index (χ3v) is 7.59. The molecule has 0 aliphatic carbocycles. The molecule has 0 radical (unpaired) electrons. The maximum atomic E-state index is 13.1. The van der Waals surface area contributed by atoms with Crippen LogP contribution >= 0.6 is 0 Å². The molecule has 192 valence electrons. The van der Waals surface area contributed by atoms with Crippen LogP contribution in [0.3, 0.4) is 0 Å². The van der Waals surface area contributed by atoms with E-state index in [0.717, 1.165) is 5.56 Å². The monoisotopic (exact) mass is 528 g/mol. The molecule has 0 aliphatic rings. The van der Waals surface area contributed by atoms with Gasteiger partial charge in [-0.2, -0.15) is 0 Å². The second-order valence-corrected chi connectivity index (χ2v) is 10.4. The van der Waals surface area contributed by atoms with Crippen molar-refractivity contribution in [1.82, 2.24) is 9.72 Å². The maximum absolute atomic E-state index is 13.1. The van der Waals surface area contributed by atoms with Crippen LogP contribution in [0.1, 0.15) is 22.4 Å². The highest BCUT2D eigenvalue weighted by atomic mass is 32.2. The van der Waals surface area contributed by atoms with Crippen LogP contribution in [0.2, 0.25) is 0 Å². The minimum atomic E-state index is -3.90. The van der Waals surface area contributed by atoms with Crippen LogP contribution in [0, 0.1) is 13.8 Å². The van der Waals surface area contributed by atoms with Crippen molar-refractivity contribution in [3.8, 4) is 5.88 Å². The highest BCUT2D eigenvalue weighted by Crippen LogP contribution is 2.26. The minimum Gasteiger partial charge on any atom is -0.494 e. The zero-order valence-electron chi connectivity index (χ0n) is 20.6. The van der Waals surface area contributed by atoms with Crippen molar-refractivity contribution < 1.29 is 18.0 Å². The molecule has 3 aromatic carbocycles. The van der Waals surface area contributed by atoms with Crippen LogP contribution in [0.5, 0.6) is 5.88 Å². The van der Waals surface area contributed by atoms with Gasteiger partial charge in [0.25, 0.3) is 15.6 Å². The van der Waals surface area contributed by atoms with Crippen molar-refractivity contribution in [3.05, 3.63) is 112 Å². The number of hydrogen-bond acceptors (Lipinski definition) is 7. The molecule has 2 aromatic heterocycles. The molecule has 2 N–H and O–H groups in total. The number of aliphatic imine (C=N–C) groups is 1. The average molecular weight is 529 g/mol. The summed E-state index contributed by atoms with van der Waals surface area (Å²) in [4.78, 5) is 17.6. The number of aromatic hydroxyl groups is 1. The van der Waals surface area contributed by atoms with Gasteiger partial charge >= 0.3 is 0 Å². The largest absolute Gasteiger partial charge is 0.494 e. The summed E-state index contributed by atoms with van der Waals surface area (Å²) in [5, 5.41) is 15.9. The normalized spacial score (nSPS) is 11.8. The smallest absolute Gasteiger partial charge is 0.264 e. The summed E-state index contributed by atoms with van der Waals surface area (Å²) >= 11 is 0. The average Bonchev–Trinajstić information content (AvgIpc) is 3.23. The van der Waals surface area contributed by atoms with Gasteiger partial charge in [-0.3, -0.25) is 14.4 Å². The molecule has 5 rings (SSSR count). The van der Waals surface area contributed by atoms with Crippen molar-refractivity contribution in [2.24, 2.45) is 4.99 Å². The zero-order valence-corrected chi connectivity index (χ0v) is 21.4. The number of aromatic nitrogens is 2. The SMILES string of the molecule is Cc1noc(NS(=O)(=O)c2ccc(N=Cc3c(O)n(Cc4ccccc4)c(=O)c4ccccc34)cc2)c1C. The molecule has 0 fully saturated rings. The quantitative estimate of drug-likeness (QED) is 0.289. The van der Waals surface area contributed by atoms with Crippen molar-refractivity contribution in [1.29, 1.82) is 0 Å². The van der Waals surface area contributed by atoms with Gasteiger partial charge in [-0.25, -0.2) is 13.1 Å². The molecule has 0 spiro atoms. The Morgan fingerprint density at radius 2 is 1.63 bits per heavy atom. The third kappa shape index (κ3) is 4.81. The first-order chi connectivity index (χ1) is 18.2. The third-order valence-electron chi connectivity index (χ3n) is 6.25. The number of fused-ring (bicyclic) bond motifs is 1. The van der Waals surface area contributed by atoms with Gasteiger partial charge in [0.1, 0.15) is 0 Å². The number of pyridine rings is 1. The topological polar surface area (TPSA) is 127 Å². The summed E-state index contributed by atoms with van der Waals surface area (Å²) in [6.07, 6.45) is 1.47. The van der Waals surface area contributed by atoms with E-state index >= 15 is 0 Å². The first kappa shape index (κ1) is 25.0. The fraction of sp³-hybridized carbons (Fsp3) is 0.107. The molecule has 0 amide bonds. The summed E-state index contributed by atoms with van der Waals surface area (Å²) in [6.45, 7) is 3.63. The summed E-state index contributed by atoms with van der Waals surface area (Å²) in [6, 6.07) is 22.3. The van der Waals surface area contributed by atoms with E-state index in [1.165, 1.54) is 22.9 Å². The van der Waals surface area contributed by atoms with E-state index in [9.17, 15) is 18.3 Å². The predicted octanol–water partition coefficient (Wildman–Crippen LogP) is 4.91. The number of anilines is 1. The Labute approximate surface area is 218 Å². The van der Waals surface area contributed by atoms with Gasteiger partial charge in [-0.1, -0.05) is 53.7 Å². The summed E-state index contributed by atoms with van der Waals surface area (Å²) in [7, 11) is -3.90. The molecular weight excluding hydrogens is 504 g/mol. The Kier molecular flexibility index (Phi) is 6.56. The van der Waals surface area contributed by atoms with Crippen molar-refractivity contribution in [3.63, 3.8) is 0 Å². The summed E-state index contributed by atoms with van der Waals surface area (Å²) < 4.78 is 34.3.